The predicted octanol–water partition coefficient (Wildman–Crippen LogP) is 13.7. The number of isothiocyanates is 1. The number of alkyl halides is 3. The van der Waals surface area contributed by atoms with Crippen LogP contribution < -0.4 is 5.10 Å². The molecule has 0 saturated heterocycles. The fraction of sp³-hybridized carbons (Fsp3) is 0.289. The molecule has 14 heteroatoms. The van der Waals surface area contributed by atoms with Crippen molar-refractivity contribution in [2.24, 2.45) is 0 Å². The summed E-state index contributed by atoms with van der Waals surface area (Å²) in [7, 11) is 0. The zero-order valence-electron chi connectivity index (χ0n) is 32.8. The fourth-order valence-corrected chi connectivity index (χ4v) is 8.11. The zero-order valence-corrected chi connectivity index (χ0v) is 37.0. The number of pyridine rings is 4. The monoisotopic (exact) mass is 937 g/mol. The second-order valence-corrected chi connectivity index (χ2v) is 15.6. The zero-order chi connectivity index (χ0) is 41.2. The summed E-state index contributed by atoms with van der Waals surface area (Å²) >= 11 is 7.22. The minimum absolute atomic E-state index is 0. The van der Waals surface area contributed by atoms with Gasteiger partial charge in [-0.3, -0.25) is 15.0 Å². The van der Waals surface area contributed by atoms with Gasteiger partial charge in [0.05, 0.1) is 28.5 Å². The molecule has 0 atom stereocenters. The van der Waals surface area contributed by atoms with Crippen LogP contribution in [0, 0.1) is 0 Å². The minimum atomic E-state index is -4.50. The summed E-state index contributed by atoms with van der Waals surface area (Å²) in [6, 6.07) is 27.2. The van der Waals surface area contributed by atoms with Crippen LogP contribution in [0.5, 0.6) is 0 Å². The van der Waals surface area contributed by atoms with Gasteiger partial charge >= 0.3 is 25.7 Å². The van der Waals surface area contributed by atoms with Gasteiger partial charge in [0.1, 0.15) is 5.69 Å². The number of hydrogen-bond acceptors (Lipinski definition) is 8. The molecule has 0 unspecified atom stereocenters. The normalized spacial score (nSPS) is 10.7. The van der Waals surface area contributed by atoms with Gasteiger partial charge in [0.2, 0.25) is 0 Å². The van der Waals surface area contributed by atoms with Gasteiger partial charge in [-0.05, 0) is 115 Å². The Hall–Kier alpha value is -4.58. The Bertz CT molecular complexity index is 2320. The van der Waals surface area contributed by atoms with Crippen molar-refractivity contribution in [2.75, 3.05) is 0 Å². The van der Waals surface area contributed by atoms with Crippen LogP contribution in [0.4, 0.5) is 13.2 Å². The molecule has 0 spiro atoms. The molecule has 59 heavy (non-hydrogen) atoms. The van der Waals surface area contributed by atoms with Crippen LogP contribution in [0.2, 0.25) is 0 Å². The molecule has 0 aliphatic heterocycles. The standard InChI is InChI=1S/C25H25N3S.C19H19F3N3S.CNS.Ru/c1-2-3-4-5-9-20-14-16-25(29-20)19-13-15-22(27-18-19)24-12-8-11-23(28-24)21-10-6-7-17-26-21;1-2-3-4-5-6-13-8-10-26-18(13)14-7-9-23-15(11-14)16-12-17(25-24-16)19(20,21)22;2-1-3;/h6-8,10-18H,2-5,9H2,1H3;7-12H,2-6H2,1H3;;/q;2*-1;+2. The maximum atomic E-state index is 12.7. The third-order valence-corrected chi connectivity index (χ3v) is 11.3. The molecule has 7 heterocycles. The smallest absolute Gasteiger partial charge is 0.753 e. The molecule has 0 N–H and O–H groups in total. The Morgan fingerprint density at radius 3 is 2.05 bits per heavy atom. The SMILES string of the molecule is CCCCCCc1ccc(-c2ccc(-c3cccc(-c4ccccn4)n3)nc2)s1.CCCCCCc1ccsc1-c1ccnc(-c2cc(C(F)(F)F)n[n-]2)c1.[N-]=C=S.[Ru+2]. The first-order valence-electron chi connectivity index (χ1n) is 19.3. The molecule has 0 amide bonds. The van der Waals surface area contributed by atoms with Crippen LogP contribution in [0.1, 0.15) is 81.3 Å². The molecule has 7 rings (SSSR count). The van der Waals surface area contributed by atoms with Gasteiger partial charge in [0.15, 0.2) is 0 Å². The Labute approximate surface area is 370 Å². The van der Waals surface area contributed by atoms with Gasteiger partial charge in [-0.15, -0.1) is 22.7 Å². The van der Waals surface area contributed by atoms with Crippen molar-refractivity contribution in [1.29, 1.82) is 0 Å². The van der Waals surface area contributed by atoms with E-state index < -0.39 is 11.9 Å². The summed E-state index contributed by atoms with van der Waals surface area (Å²) in [4.78, 5) is 21.9. The Morgan fingerprint density at radius 1 is 0.712 bits per heavy atom. The molecule has 0 bridgehead atoms. The van der Waals surface area contributed by atoms with Crippen LogP contribution in [0.3, 0.4) is 0 Å². The molecule has 7 aromatic heterocycles. The Kier molecular flexibility index (Phi) is 19.6. The van der Waals surface area contributed by atoms with Crippen molar-refractivity contribution in [3.8, 4) is 55.0 Å². The van der Waals surface area contributed by atoms with E-state index in [4.69, 9.17) is 10.4 Å². The summed E-state index contributed by atoms with van der Waals surface area (Å²) in [5, 5.41) is 17.4. The van der Waals surface area contributed by atoms with Gasteiger partial charge < -0.3 is 15.6 Å². The maximum absolute atomic E-state index is 12.7. The van der Waals surface area contributed by atoms with Gasteiger partial charge in [-0.25, -0.2) is 4.98 Å². The number of rotatable bonds is 15. The predicted molar refractivity (Wildman–Crippen MR) is 235 cm³/mol. The van der Waals surface area contributed by atoms with E-state index in [1.807, 2.05) is 60.0 Å². The van der Waals surface area contributed by atoms with Gasteiger partial charge in [-0.2, -0.15) is 18.3 Å². The molecular formula is C45H44F3N7RuS3. The van der Waals surface area contributed by atoms with E-state index in [1.165, 1.54) is 77.4 Å². The van der Waals surface area contributed by atoms with Crippen molar-refractivity contribution in [3.63, 3.8) is 0 Å². The first kappa shape index (κ1) is 47.1. The largest absolute Gasteiger partial charge is 2.00 e. The molecule has 0 radical (unpaired) electrons. The van der Waals surface area contributed by atoms with Crippen LogP contribution in [0.15, 0.2) is 109 Å². The van der Waals surface area contributed by atoms with E-state index in [0.717, 1.165) is 52.1 Å². The number of aryl methyl sites for hydroxylation is 2. The topological polar surface area (TPSA) is 101 Å². The van der Waals surface area contributed by atoms with Gasteiger partial charge in [-0.1, -0.05) is 82.4 Å². The van der Waals surface area contributed by atoms with Gasteiger partial charge in [0.25, 0.3) is 0 Å². The average molecular weight is 937 g/mol. The molecular weight excluding hydrogens is 893 g/mol. The van der Waals surface area contributed by atoms with Crippen molar-refractivity contribution >= 4 is 40.1 Å². The second-order valence-electron chi connectivity index (χ2n) is 13.4. The van der Waals surface area contributed by atoms with Crippen LogP contribution in [-0.2, 0) is 38.5 Å². The van der Waals surface area contributed by atoms with Crippen LogP contribution in [-0.4, -0.2) is 30.2 Å². The fourth-order valence-electron chi connectivity index (χ4n) is 6.12. The number of halogens is 3. The van der Waals surface area contributed by atoms with Crippen LogP contribution >= 0.6 is 34.9 Å². The van der Waals surface area contributed by atoms with E-state index in [0.29, 0.717) is 5.69 Å². The number of unbranched alkanes of at least 4 members (excludes halogenated alkanes) is 6. The number of hydrogen-bond donors (Lipinski definition) is 0. The number of nitrogens with zero attached hydrogens (tertiary/aromatic N) is 7. The quantitative estimate of drug-likeness (QED) is 0.0437. The van der Waals surface area contributed by atoms with E-state index in [1.54, 1.807) is 29.8 Å². The summed E-state index contributed by atoms with van der Waals surface area (Å²) in [6.07, 6.45) is 13.0. The summed E-state index contributed by atoms with van der Waals surface area (Å²) in [6.45, 7) is 4.44. The molecule has 7 nitrogen and oxygen atoms in total. The van der Waals surface area contributed by atoms with E-state index >= 15 is 0 Å². The van der Waals surface area contributed by atoms with Crippen molar-refractivity contribution in [3.05, 3.63) is 130 Å². The maximum Gasteiger partial charge on any atom is 2.00 e. The molecule has 0 aliphatic carbocycles. The van der Waals surface area contributed by atoms with E-state index in [2.05, 4.69) is 86.9 Å². The molecule has 0 aromatic carbocycles. The van der Waals surface area contributed by atoms with Crippen LogP contribution in [0.25, 0.3) is 60.5 Å². The molecule has 0 fully saturated rings. The number of thiophene rings is 2. The molecule has 0 aliphatic rings. The average Bonchev–Trinajstić information content (AvgIpc) is 4.05. The summed E-state index contributed by atoms with van der Waals surface area (Å²) in [5.41, 5.74) is 6.41. The Morgan fingerprint density at radius 2 is 1.41 bits per heavy atom. The molecule has 306 valence electrons. The van der Waals surface area contributed by atoms with E-state index in [9.17, 15) is 13.2 Å². The first-order valence-corrected chi connectivity index (χ1v) is 21.4. The first-order chi connectivity index (χ1) is 28.2. The van der Waals surface area contributed by atoms with Crippen molar-refractivity contribution < 1.29 is 32.6 Å². The third-order valence-electron chi connectivity index (χ3n) is 9.09. The third kappa shape index (κ3) is 14.3. The Balaban J connectivity index is 0.000000242. The van der Waals surface area contributed by atoms with Crippen molar-refractivity contribution in [1.82, 2.24) is 30.1 Å². The summed E-state index contributed by atoms with van der Waals surface area (Å²) in [5.74, 6) is 0. The molecule has 7 aromatic rings. The van der Waals surface area contributed by atoms with E-state index in [-0.39, 0.29) is 25.2 Å². The number of thiocarbonyl (C=S) groups is 1. The number of aromatic nitrogens is 6. The van der Waals surface area contributed by atoms with Crippen molar-refractivity contribution in [2.45, 2.75) is 84.2 Å². The second kappa shape index (κ2) is 24.5. The molecule has 0 saturated carbocycles. The van der Waals surface area contributed by atoms with Gasteiger partial charge in [0, 0.05) is 38.8 Å². The summed E-state index contributed by atoms with van der Waals surface area (Å²) < 4.78 is 38.2. The minimum Gasteiger partial charge on any atom is -0.753 e.